The van der Waals surface area contributed by atoms with E-state index in [1.807, 2.05) is 37.3 Å². The second-order valence-corrected chi connectivity index (χ2v) is 9.04. The molecule has 0 aliphatic carbocycles. The minimum Gasteiger partial charge on any atom is -0.487 e. The summed E-state index contributed by atoms with van der Waals surface area (Å²) in [5, 5.41) is 0. The van der Waals surface area contributed by atoms with E-state index in [0.717, 1.165) is 22.3 Å². The van der Waals surface area contributed by atoms with Crippen LogP contribution in [0.15, 0.2) is 72.0 Å². The molecule has 5 rings (SSSR count). The number of rotatable bonds is 3. The van der Waals surface area contributed by atoms with E-state index in [2.05, 4.69) is 36.2 Å². The number of aliphatic imine (C=N–C) groups is 1. The lowest BCUT2D eigenvalue weighted by atomic mass is 9.74. The lowest BCUT2D eigenvalue weighted by molar-refractivity contribution is -0.133. The van der Waals surface area contributed by atoms with Crippen molar-refractivity contribution in [3.8, 4) is 16.9 Å². The SMILES string of the molecule is Cc1ccc(C[C@]2(C)CC3(N=C(N)N(C)C3=O)c3cc(-c4cccnc4)ccc3O2)cc1. The second kappa shape index (κ2) is 7.19. The van der Waals surface area contributed by atoms with Crippen molar-refractivity contribution in [2.45, 2.75) is 37.8 Å². The van der Waals surface area contributed by atoms with Crippen molar-refractivity contribution in [3.63, 3.8) is 0 Å². The highest BCUT2D eigenvalue weighted by molar-refractivity contribution is 6.07. The van der Waals surface area contributed by atoms with Gasteiger partial charge >= 0.3 is 0 Å². The molecule has 3 heterocycles. The number of aryl methyl sites for hydroxylation is 1. The van der Waals surface area contributed by atoms with Gasteiger partial charge in [0.2, 0.25) is 0 Å². The maximum atomic E-state index is 13.6. The Morgan fingerprint density at radius 3 is 2.56 bits per heavy atom. The zero-order valence-electron chi connectivity index (χ0n) is 18.5. The van der Waals surface area contributed by atoms with Crippen molar-refractivity contribution < 1.29 is 9.53 Å². The summed E-state index contributed by atoms with van der Waals surface area (Å²) in [6, 6.07) is 18.2. The van der Waals surface area contributed by atoms with E-state index in [-0.39, 0.29) is 11.9 Å². The number of hydrogen-bond acceptors (Lipinski definition) is 5. The number of pyridine rings is 1. The average molecular weight is 427 g/mol. The molecule has 32 heavy (non-hydrogen) atoms. The Kier molecular flexibility index (Phi) is 4.55. The van der Waals surface area contributed by atoms with Crippen molar-refractivity contribution in [2.75, 3.05) is 7.05 Å². The first kappa shape index (κ1) is 20.2. The van der Waals surface area contributed by atoms with Crippen LogP contribution < -0.4 is 10.5 Å². The Labute approximate surface area is 187 Å². The van der Waals surface area contributed by atoms with Crippen LogP contribution >= 0.6 is 0 Å². The van der Waals surface area contributed by atoms with Gasteiger partial charge in [0.05, 0.1) is 0 Å². The number of benzene rings is 2. The summed E-state index contributed by atoms with van der Waals surface area (Å²) in [5.41, 5.74) is 9.44. The highest BCUT2D eigenvalue weighted by Crippen LogP contribution is 2.50. The lowest BCUT2D eigenvalue weighted by Crippen LogP contribution is -2.51. The normalized spacial score (nSPS) is 24.3. The monoisotopic (exact) mass is 426 g/mol. The molecule has 0 bridgehead atoms. The van der Waals surface area contributed by atoms with Crippen LogP contribution in [0.2, 0.25) is 0 Å². The van der Waals surface area contributed by atoms with Gasteiger partial charge < -0.3 is 10.5 Å². The highest BCUT2D eigenvalue weighted by atomic mass is 16.5. The minimum atomic E-state index is -1.11. The fourth-order valence-corrected chi connectivity index (χ4v) is 4.82. The van der Waals surface area contributed by atoms with Crippen molar-refractivity contribution in [1.82, 2.24) is 9.88 Å². The van der Waals surface area contributed by atoms with Crippen LogP contribution in [-0.4, -0.2) is 34.4 Å². The molecular formula is C26H26N4O2. The summed E-state index contributed by atoms with van der Waals surface area (Å²) < 4.78 is 6.55. The molecule has 2 atom stereocenters. The van der Waals surface area contributed by atoms with Gasteiger partial charge in [-0.2, -0.15) is 0 Å². The largest absolute Gasteiger partial charge is 0.487 e. The summed E-state index contributed by atoms with van der Waals surface area (Å²) in [6.07, 6.45) is 4.61. The van der Waals surface area contributed by atoms with Gasteiger partial charge in [-0.15, -0.1) is 0 Å². The molecule has 1 unspecified atom stereocenters. The predicted octanol–water partition coefficient (Wildman–Crippen LogP) is 3.82. The molecule has 2 aliphatic rings. The molecule has 1 aromatic heterocycles. The van der Waals surface area contributed by atoms with Crippen LogP contribution in [0.1, 0.15) is 30.0 Å². The van der Waals surface area contributed by atoms with Gasteiger partial charge in [0.15, 0.2) is 11.5 Å². The molecule has 2 aliphatic heterocycles. The standard InChI is InChI=1S/C26H26N4O2/c1-17-6-8-18(9-7-17)14-25(2)16-26(23(31)30(3)24(27)29-26)21-13-19(10-11-22(21)32-25)20-5-4-12-28-15-20/h4-13,15H,14,16H2,1-3H3,(H2,27,29)/t25-,26?/m1/s1. The molecule has 1 spiro atoms. The fraction of sp³-hybridized carbons (Fsp3) is 0.269. The van der Waals surface area contributed by atoms with Gasteiger partial charge in [-0.3, -0.25) is 14.7 Å². The van der Waals surface area contributed by atoms with Crippen LogP contribution in [0.25, 0.3) is 11.1 Å². The number of aromatic nitrogens is 1. The maximum Gasteiger partial charge on any atom is 0.261 e. The summed E-state index contributed by atoms with van der Waals surface area (Å²) in [7, 11) is 1.67. The van der Waals surface area contributed by atoms with Crippen LogP contribution in [0.4, 0.5) is 0 Å². The molecule has 0 saturated carbocycles. The van der Waals surface area contributed by atoms with Gasteiger partial charge in [0.25, 0.3) is 5.91 Å². The quantitative estimate of drug-likeness (QED) is 0.690. The smallest absolute Gasteiger partial charge is 0.261 e. The van der Waals surface area contributed by atoms with Crippen LogP contribution in [-0.2, 0) is 16.8 Å². The summed E-state index contributed by atoms with van der Waals surface area (Å²) in [5.74, 6) is 0.768. The van der Waals surface area contributed by atoms with E-state index in [1.165, 1.54) is 10.5 Å². The number of nitrogens with two attached hydrogens (primary N) is 1. The molecular weight excluding hydrogens is 400 g/mol. The molecule has 0 fully saturated rings. The molecule has 3 aromatic rings. The molecule has 2 aromatic carbocycles. The number of carbonyl (C=O) groups is 1. The number of likely N-dealkylation sites (N-methyl/N-ethyl adjacent to an activating group) is 1. The zero-order valence-corrected chi connectivity index (χ0v) is 18.5. The lowest BCUT2D eigenvalue weighted by Gasteiger charge is -2.43. The Hall–Kier alpha value is -3.67. The molecule has 162 valence electrons. The van der Waals surface area contributed by atoms with E-state index in [4.69, 9.17) is 15.5 Å². The van der Waals surface area contributed by atoms with Crippen molar-refractivity contribution in [1.29, 1.82) is 0 Å². The first-order valence-electron chi connectivity index (χ1n) is 10.7. The van der Waals surface area contributed by atoms with Crippen LogP contribution in [0, 0.1) is 6.92 Å². The van der Waals surface area contributed by atoms with E-state index < -0.39 is 11.1 Å². The number of hydrogen-bond donors (Lipinski definition) is 1. The molecule has 0 radical (unpaired) electrons. The first-order valence-corrected chi connectivity index (χ1v) is 10.7. The van der Waals surface area contributed by atoms with E-state index >= 15 is 0 Å². The van der Waals surface area contributed by atoms with Gasteiger partial charge in [0.1, 0.15) is 11.4 Å². The van der Waals surface area contributed by atoms with E-state index in [1.54, 1.807) is 19.4 Å². The Bertz CT molecular complexity index is 1220. The molecule has 0 saturated heterocycles. The third-order valence-corrected chi connectivity index (χ3v) is 6.41. The van der Waals surface area contributed by atoms with Crippen molar-refractivity contribution in [3.05, 3.63) is 83.7 Å². The highest BCUT2D eigenvalue weighted by Gasteiger charge is 2.56. The minimum absolute atomic E-state index is 0.127. The van der Waals surface area contributed by atoms with E-state index in [9.17, 15) is 4.79 Å². The van der Waals surface area contributed by atoms with Crippen LogP contribution in [0.3, 0.4) is 0 Å². The summed E-state index contributed by atoms with van der Waals surface area (Å²) in [4.78, 5) is 24.0. The molecule has 6 heteroatoms. The Morgan fingerprint density at radius 1 is 1.12 bits per heavy atom. The van der Waals surface area contributed by atoms with Gasteiger partial charge in [-0.25, -0.2) is 4.99 Å². The number of amides is 1. The molecule has 6 nitrogen and oxygen atoms in total. The number of fused-ring (bicyclic) bond motifs is 2. The Morgan fingerprint density at radius 2 is 1.91 bits per heavy atom. The number of nitrogens with zero attached hydrogens (tertiary/aromatic N) is 3. The van der Waals surface area contributed by atoms with Gasteiger partial charge in [0, 0.05) is 43.4 Å². The summed E-state index contributed by atoms with van der Waals surface area (Å²) in [6.45, 7) is 4.11. The van der Waals surface area contributed by atoms with E-state index in [0.29, 0.717) is 18.6 Å². The molecule has 1 amide bonds. The number of carbonyl (C=O) groups excluding carboxylic acids is 1. The average Bonchev–Trinajstić information content (AvgIpc) is 2.99. The second-order valence-electron chi connectivity index (χ2n) is 9.04. The number of ether oxygens (including phenoxy) is 1. The molecule has 2 N–H and O–H groups in total. The topological polar surface area (TPSA) is 80.8 Å². The van der Waals surface area contributed by atoms with Gasteiger partial charge in [-0.05, 0) is 43.2 Å². The van der Waals surface area contributed by atoms with Crippen LogP contribution in [0.5, 0.6) is 5.75 Å². The van der Waals surface area contributed by atoms with Crippen molar-refractivity contribution >= 4 is 11.9 Å². The first-order chi connectivity index (χ1) is 15.3. The Balaban J connectivity index is 1.63. The zero-order chi connectivity index (χ0) is 22.5. The maximum absolute atomic E-state index is 13.6. The fourth-order valence-electron chi connectivity index (χ4n) is 4.82. The third kappa shape index (κ3) is 3.23. The van der Waals surface area contributed by atoms with Gasteiger partial charge in [-0.1, -0.05) is 42.0 Å². The van der Waals surface area contributed by atoms with Crippen molar-refractivity contribution in [2.24, 2.45) is 10.7 Å². The third-order valence-electron chi connectivity index (χ3n) is 6.41. The predicted molar refractivity (Wildman–Crippen MR) is 124 cm³/mol. The number of guanidine groups is 1. The summed E-state index contributed by atoms with van der Waals surface area (Å²) >= 11 is 0.